The molecule has 1 amide bonds. The van der Waals surface area contributed by atoms with Gasteiger partial charge in [-0.15, -0.1) is 0 Å². The predicted octanol–water partition coefficient (Wildman–Crippen LogP) is 2.72. The van der Waals surface area contributed by atoms with Gasteiger partial charge >= 0.3 is 0 Å². The van der Waals surface area contributed by atoms with E-state index in [9.17, 15) is 4.79 Å². The number of carbonyl (C=O) groups excluding carboxylic acids is 1. The fourth-order valence-corrected chi connectivity index (χ4v) is 1.18. The number of allylic oxidation sites excluding steroid dienone is 2. The Morgan fingerprint density at radius 2 is 2.00 bits per heavy atom. The molecule has 0 aliphatic heterocycles. The second kappa shape index (κ2) is 8.50. The van der Waals surface area contributed by atoms with Crippen molar-refractivity contribution in [2.75, 3.05) is 0 Å². The number of nitrogens with two attached hydrogens (primary N) is 1. The summed E-state index contributed by atoms with van der Waals surface area (Å²) in [6.45, 7) is 9.80. The minimum atomic E-state index is -0.253. The highest BCUT2D eigenvalue weighted by Crippen LogP contribution is 2.06. The number of unbranched alkanes of at least 4 members (excludes halogenated alkanes) is 1. The molecule has 0 atom stereocenters. The zero-order valence-electron chi connectivity index (χ0n) is 12.1. The zero-order valence-corrected chi connectivity index (χ0v) is 12.1. The third kappa shape index (κ3) is 6.89. The summed E-state index contributed by atoms with van der Waals surface area (Å²) < 4.78 is 0. The van der Waals surface area contributed by atoms with Gasteiger partial charge in [0.1, 0.15) is 5.70 Å². The monoisotopic (exact) mass is 251 g/mol. The topological polar surface area (TPSA) is 67.5 Å². The van der Waals surface area contributed by atoms with Crippen LogP contribution >= 0.6 is 0 Å². The fourth-order valence-electron chi connectivity index (χ4n) is 1.18. The first kappa shape index (κ1) is 16.4. The molecule has 4 heteroatoms. The van der Waals surface area contributed by atoms with Crippen molar-refractivity contribution in [3.63, 3.8) is 0 Å². The highest BCUT2D eigenvalue weighted by atomic mass is 16.2. The summed E-state index contributed by atoms with van der Waals surface area (Å²) in [5.41, 5.74) is 7.00. The predicted molar refractivity (Wildman–Crippen MR) is 77.0 cm³/mol. The number of hydrogen-bond acceptors (Lipinski definition) is 3. The van der Waals surface area contributed by atoms with E-state index in [4.69, 9.17) is 5.73 Å². The van der Waals surface area contributed by atoms with E-state index in [2.05, 4.69) is 17.2 Å². The highest BCUT2D eigenvalue weighted by molar-refractivity contribution is 5.96. The van der Waals surface area contributed by atoms with Crippen molar-refractivity contribution in [1.29, 1.82) is 0 Å². The van der Waals surface area contributed by atoms with Crippen molar-refractivity contribution in [2.45, 2.75) is 47.5 Å². The molecule has 102 valence electrons. The molecule has 0 aromatic rings. The fraction of sp³-hybridized carbons (Fsp3) is 0.571. The first-order valence-electron chi connectivity index (χ1n) is 6.37. The van der Waals surface area contributed by atoms with Gasteiger partial charge in [-0.25, -0.2) is 0 Å². The van der Waals surface area contributed by atoms with Gasteiger partial charge in [0.2, 0.25) is 0 Å². The largest absolute Gasteiger partial charge is 0.385 e. The van der Waals surface area contributed by atoms with Crippen molar-refractivity contribution in [3.8, 4) is 0 Å². The van der Waals surface area contributed by atoms with Crippen LogP contribution in [0.5, 0.6) is 0 Å². The van der Waals surface area contributed by atoms with Crippen molar-refractivity contribution >= 4 is 12.1 Å². The van der Waals surface area contributed by atoms with Crippen LogP contribution < -0.4 is 11.1 Å². The second-order valence-corrected chi connectivity index (χ2v) is 4.77. The molecule has 0 aliphatic carbocycles. The molecule has 0 saturated heterocycles. The Balaban J connectivity index is 4.77. The number of aliphatic imine (C=N–C) groups is 1. The van der Waals surface area contributed by atoms with Gasteiger partial charge in [0.05, 0.1) is 5.82 Å². The first-order valence-corrected chi connectivity index (χ1v) is 6.37. The van der Waals surface area contributed by atoms with E-state index < -0.39 is 0 Å². The van der Waals surface area contributed by atoms with E-state index in [0.29, 0.717) is 17.4 Å². The summed E-state index contributed by atoms with van der Waals surface area (Å²) in [5, 5.41) is 2.65. The van der Waals surface area contributed by atoms with E-state index in [1.165, 1.54) is 0 Å². The third-order valence-corrected chi connectivity index (χ3v) is 2.10. The van der Waals surface area contributed by atoms with Gasteiger partial charge in [-0.05, 0) is 37.8 Å². The second-order valence-electron chi connectivity index (χ2n) is 4.77. The molecule has 18 heavy (non-hydrogen) atoms. The maximum absolute atomic E-state index is 12.0. The normalized spacial score (nSPS) is 12.0. The molecule has 3 N–H and O–H groups in total. The summed E-state index contributed by atoms with van der Waals surface area (Å²) in [6, 6.07) is 0. The minimum Gasteiger partial charge on any atom is -0.385 e. The standard InChI is InChI=1S/C14H25N3O/c1-6-7-8-12(15)17-14(18)13(11(4)5)16-9-10(2)3/h8-10H,6-7,15H2,1-5H3,(H,17,18)/b12-8+,16-9-. The van der Waals surface area contributed by atoms with E-state index in [0.717, 1.165) is 18.4 Å². The Bertz CT molecular complexity index is 361. The van der Waals surface area contributed by atoms with Crippen LogP contribution in [0.2, 0.25) is 0 Å². The average Bonchev–Trinajstić information content (AvgIpc) is 2.25. The maximum Gasteiger partial charge on any atom is 0.275 e. The van der Waals surface area contributed by atoms with Gasteiger partial charge in [0.15, 0.2) is 0 Å². The zero-order chi connectivity index (χ0) is 14.1. The van der Waals surface area contributed by atoms with Crippen LogP contribution in [0, 0.1) is 5.92 Å². The maximum atomic E-state index is 12.0. The molecule has 0 rings (SSSR count). The van der Waals surface area contributed by atoms with Crippen LogP contribution in [-0.4, -0.2) is 12.1 Å². The van der Waals surface area contributed by atoms with Gasteiger partial charge in [0, 0.05) is 6.21 Å². The highest BCUT2D eigenvalue weighted by Gasteiger charge is 2.10. The summed E-state index contributed by atoms with van der Waals surface area (Å²) in [4.78, 5) is 16.2. The van der Waals surface area contributed by atoms with Crippen LogP contribution in [0.4, 0.5) is 0 Å². The van der Waals surface area contributed by atoms with Gasteiger partial charge < -0.3 is 11.1 Å². The van der Waals surface area contributed by atoms with E-state index in [1.54, 1.807) is 6.21 Å². The Kier molecular flexibility index (Phi) is 7.76. The van der Waals surface area contributed by atoms with Crippen molar-refractivity contribution in [3.05, 3.63) is 23.2 Å². The molecule has 0 spiro atoms. The lowest BCUT2D eigenvalue weighted by molar-refractivity contribution is -0.116. The van der Waals surface area contributed by atoms with Crippen LogP contribution in [0.1, 0.15) is 47.5 Å². The summed E-state index contributed by atoms with van der Waals surface area (Å²) in [7, 11) is 0. The number of rotatable bonds is 6. The van der Waals surface area contributed by atoms with Crippen LogP contribution in [0.15, 0.2) is 28.2 Å². The lowest BCUT2D eigenvalue weighted by Crippen LogP contribution is -2.28. The molecule has 0 aromatic heterocycles. The average molecular weight is 251 g/mol. The van der Waals surface area contributed by atoms with Gasteiger partial charge in [-0.3, -0.25) is 9.79 Å². The summed E-state index contributed by atoms with van der Waals surface area (Å²) in [6.07, 6.45) is 5.42. The van der Waals surface area contributed by atoms with E-state index in [1.807, 2.05) is 33.8 Å². The molecule has 0 bridgehead atoms. The molecular formula is C14H25N3O. The Morgan fingerprint density at radius 1 is 1.39 bits per heavy atom. The number of nitrogens with one attached hydrogen (secondary N) is 1. The van der Waals surface area contributed by atoms with E-state index in [-0.39, 0.29) is 5.91 Å². The number of carbonyl (C=O) groups is 1. The van der Waals surface area contributed by atoms with Crippen LogP contribution in [0.3, 0.4) is 0 Å². The summed E-state index contributed by atoms with van der Waals surface area (Å²) >= 11 is 0. The molecule has 0 fully saturated rings. The number of hydrogen-bond donors (Lipinski definition) is 2. The van der Waals surface area contributed by atoms with Crippen LogP contribution in [-0.2, 0) is 4.79 Å². The molecule has 0 heterocycles. The van der Waals surface area contributed by atoms with Crippen molar-refractivity contribution < 1.29 is 4.79 Å². The minimum absolute atomic E-state index is 0.253. The first-order chi connectivity index (χ1) is 8.38. The molecule has 0 saturated carbocycles. The quantitative estimate of drug-likeness (QED) is 0.563. The lowest BCUT2D eigenvalue weighted by Gasteiger charge is -2.07. The SMILES string of the molecule is CCC/C=C(\N)NC(=O)C(/N=C\C(C)C)=C(C)C. The molecule has 0 aromatic carbocycles. The van der Waals surface area contributed by atoms with E-state index >= 15 is 0 Å². The van der Waals surface area contributed by atoms with Crippen LogP contribution in [0.25, 0.3) is 0 Å². The smallest absolute Gasteiger partial charge is 0.275 e. The van der Waals surface area contributed by atoms with Gasteiger partial charge in [0.25, 0.3) is 5.91 Å². The molecular weight excluding hydrogens is 226 g/mol. The van der Waals surface area contributed by atoms with Crippen molar-refractivity contribution in [2.24, 2.45) is 16.6 Å². The molecule has 0 aliphatic rings. The number of nitrogens with zero attached hydrogens (tertiary/aromatic N) is 1. The Labute approximate surface area is 110 Å². The molecule has 4 nitrogen and oxygen atoms in total. The molecule has 0 radical (unpaired) electrons. The van der Waals surface area contributed by atoms with Crippen molar-refractivity contribution in [1.82, 2.24) is 5.32 Å². The van der Waals surface area contributed by atoms with Gasteiger partial charge in [-0.2, -0.15) is 0 Å². The summed E-state index contributed by atoms with van der Waals surface area (Å²) in [5.74, 6) is 0.442. The Morgan fingerprint density at radius 3 is 2.44 bits per heavy atom. The number of amides is 1. The lowest BCUT2D eigenvalue weighted by atomic mass is 10.2. The third-order valence-electron chi connectivity index (χ3n) is 2.10. The Hall–Kier alpha value is -1.58. The molecule has 0 unspecified atom stereocenters. The van der Waals surface area contributed by atoms with Gasteiger partial charge in [-0.1, -0.05) is 27.2 Å².